The summed E-state index contributed by atoms with van der Waals surface area (Å²) < 4.78 is 0. The van der Waals surface area contributed by atoms with E-state index < -0.39 is 0 Å². The fourth-order valence-corrected chi connectivity index (χ4v) is 2.16. The second kappa shape index (κ2) is 6.72. The van der Waals surface area contributed by atoms with Crippen molar-refractivity contribution in [2.45, 2.75) is 39.8 Å². The molecule has 1 heterocycles. The molecule has 1 aromatic rings. The van der Waals surface area contributed by atoms with Crippen LogP contribution in [-0.2, 0) is 0 Å². The summed E-state index contributed by atoms with van der Waals surface area (Å²) in [5.74, 6) is 0.642. The van der Waals surface area contributed by atoms with Gasteiger partial charge in [0.1, 0.15) is 0 Å². The third-order valence-corrected chi connectivity index (χ3v) is 2.93. The Kier molecular flexibility index (Phi) is 5.59. The zero-order valence-corrected chi connectivity index (χ0v) is 11.4. The first-order valence-corrected chi connectivity index (χ1v) is 6.42. The Morgan fingerprint density at radius 2 is 2.00 bits per heavy atom. The van der Waals surface area contributed by atoms with Crippen molar-refractivity contribution < 1.29 is 0 Å². The zero-order chi connectivity index (χ0) is 12.8. The SMILES string of the molecule is CC(C)CN(C(C)C)C(CN)c1cccnc1. The Labute approximate surface area is 105 Å². The summed E-state index contributed by atoms with van der Waals surface area (Å²) in [6, 6.07) is 4.85. The Morgan fingerprint density at radius 3 is 2.41 bits per heavy atom. The highest BCUT2D eigenvalue weighted by molar-refractivity contribution is 5.14. The molecule has 0 aliphatic heterocycles. The van der Waals surface area contributed by atoms with Crippen molar-refractivity contribution in [3.05, 3.63) is 30.1 Å². The molecule has 0 spiro atoms. The van der Waals surface area contributed by atoms with Gasteiger partial charge in [-0.25, -0.2) is 0 Å². The van der Waals surface area contributed by atoms with Crippen LogP contribution >= 0.6 is 0 Å². The molecule has 0 bridgehead atoms. The molecule has 0 radical (unpaired) electrons. The maximum atomic E-state index is 5.95. The Bertz CT molecular complexity index is 309. The summed E-state index contributed by atoms with van der Waals surface area (Å²) >= 11 is 0. The molecule has 1 aromatic heterocycles. The van der Waals surface area contributed by atoms with Gasteiger partial charge in [0, 0.05) is 37.6 Å². The zero-order valence-electron chi connectivity index (χ0n) is 11.4. The standard InChI is InChI=1S/C14H25N3/c1-11(2)10-17(12(3)4)14(8-15)13-6-5-7-16-9-13/h5-7,9,11-12,14H,8,10,15H2,1-4H3. The van der Waals surface area contributed by atoms with Crippen LogP contribution in [-0.4, -0.2) is 29.0 Å². The summed E-state index contributed by atoms with van der Waals surface area (Å²) in [6.45, 7) is 10.6. The van der Waals surface area contributed by atoms with Gasteiger partial charge in [0.05, 0.1) is 0 Å². The summed E-state index contributed by atoms with van der Waals surface area (Å²) in [6.07, 6.45) is 3.73. The topological polar surface area (TPSA) is 42.1 Å². The average Bonchev–Trinajstić information content (AvgIpc) is 2.29. The number of nitrogens with zero attached hydrogens (tertiary/aromatic N) is 2. The van der Waals surface area contributed by atoms with Crippen LogP contribution in [0.25, 0.3) is 0 Å². The molecule has 0 aliphatic carbocycles. The lowest BCUT2D eigenvalue weighted by Crippen LogP contribution is -2.40. The third-order valence-electron chi connectivity index (χ3n) is 2.93. The van der Waals surface area contributed by atoms with E-state index in [1.807, 2.05) is 12.3 Å². The molecule has 0 fully saturated rings. The number of hydrogen-bond acceptors (Lipinski definition) is 3. The molecule has 0 amide bonds. The highest BCUT2D eigenvalue weighted by atomic mass is 15.2. The molecule has 0 aliphatic rings. The van der Waals surface area contributed by atoms with Crippen LogP contribution in [0.5, 0.6) is 0 Å². The van der Waals surface area contributed by atoms with Crippen molar-refractivity contribution in [2.24, 2.45) is 11.7 Å². The predicted octanol–water partition coefficient (Wildman–Crippen LogP) is 2.45. The number of rotatable bonds is 6. The van der Waals surface area contributed by atoms with Crippen molar-refractivity contribution in [3.8, 4) is 0 Å². The first kappa shape index (κ1) is 14.1. The maximum absolute atomic E-state index is 5.95. The minimum absolute atomic E-state index is 0.270. The smallest absolute Gasteiger partial charge is 0.0488 e. The quantitative estimate of drug-likeness (QED) is 0.823. The fourth-order valence-electron chi connectivity index (χ4n) is 2.16. The highest BCUT2D eigenvalue weighted by Crippen LogP contribution is 2.22. The monoisotopic (exact) mass is 235 g/mol. The van der Waals surface area contributed by atoms with E-state index in [1.54, 1.807) is 6.20 Å². The first-order valence-electron chi connectivity index (χ1n) is 6.42. The lowest BCUT2D eigenvalue weighted by Gasteiger charge is -2.35. The van der Waals surface area contributed by atoms with E-state index in [2.05, 4.69) is 43.6 Å². The van der Waals surface area contributed by atoms with Gasteiger partial charge in [0.2, 0.25) is 0 Å². The van der Waals surface area contributed by atoms with E-state index in [0.29, 0.717) is 18.5 Å². The van der Waals surface area contributed by atoms with Gasteiger partial charge in [-0.1, -0.05) is 19.9 Å². The molecule has 0 saturated heterocycles. The number of hydrogen-bond donors (Lipinski definition) is 1. The molecular weight excluding hydrogens is 210 g/mol. The van der Waals surface area contributed by atoms with Gasteiger partial charge in [-0.05, 0) is 31.4 Å². The normalized spacial score (nSPS) is 13.6. The van der Waals surface area contributed by atoms with Gasteiger partial charge >= 0.3 is 0 Å². The molecule has 3 heteroatoms. The summed E-state index contributed by atoms with van der Waals surface area (Å²) in [5, 5.41) is 0. The first-order chi connectivity index (χ1) is 8.06. The number of pyridine rings is 1. The Hall–Kier alpha value is -0.930. The van der Waals surface area contributed by atoms with Crippen LogP contribution in [0.3, 0.4) is 0 Å². The minimum Gasteiger partial charge on any atom is -0.329 e. The van der Waals surface area contributed by atoms with Gasteiger partial charge in [-0.2, -0.15) is 0 Å². The Morgan fingerprint density at radius 1 is 1.29 bits per heavy atom. The van der Waals surface area contributed by atoms with Gasteiger partial charge in [-0.15, -0.1) is 0 Å². The van der Waals surface area contributed by atoms with Crippen LogP contribution in [0.4, 0.5) is 0 Å². The largest absolute Gasteiger partial charge is 0.329 e. The van der Waals surface area contributed by atoms with Gasteiger partial charge in [-0.3, -0.25) is 9.88 Å². The molecular formula is C14H25N3. The second-order valence-corrected chi connectivity index (χ2v) is 5.22. The molecule has 2 N–H and O–H groups in total. The molecule has 3 nitrogen and oxygen atoms in total. The van der Waals surface area contributed by atoms with Crippen LogP contribution in [0, 0.1) is 5.92 Å². The summed E-state index contributed by atoms with van der Waals surface area (Å²) in [4.78, 5) is 6.65. The van der Waals surface area contributed by atoms with E-state index in [0.717, 1.165) is 6.54 Å². The maximum Gasteiger partial charge on any atom is 0.0488 e. The molecule has 1 atom stereocenters. The van der Waals surface area contributed by atoms with Crippen molar-refractivity contribution in [1.82, 2.24) is 9.88 Å². The lowest BCUT2D eigenvalue weighted by molar-refractivity contribution is 0.138. The third kappa shape index (κ3) is 4.10. The molecule has 0 aromatic carbocycles. The van der Waals surface area contributed by atoms with Gasteiger partial charge in [0.25, 0.3) is 0 Å². The van der Waals surface area contributed by atoms with E-state index in [-0.39, 0.29) is 6.04 Å². The minimum atomic E-state index is 0.270. The average molecular weight is 235 g/mol. The van der Waals surface area contributed by atoms with Crippen molar-refractivity contribution in [1.29, 1.82) is 0 Å². The highest BCUT2D eigenvalue weighted by Gasteiger charge is 2.22. The van der Waals surface area contributed by atoms with E-state index >= 15 is 0 Å². The van der Waals surface area contributed by atoms with Crippen LogP contribution in [0.1, 0.15) is 39.3 Å². The molecule has 17 heavy (non-hydrogen) atoms. The van der Waals surface area contributed by atoms with Crippen LogP contribution in [0.2, 0.25) is 0 Å². The fraction of sp³-hybridized carbons (Fsp3) is 0.643. The molecule has 96 valence electrons. The number of aromatic nitrogens is 1. The molecule has 0 saturated carbocycles. The van der Waals surface area contributed by atoms with Crippen molar-refractivity contribution in [2.75, 3.05) is 13.1 Å². The van der Waals surface area contributed by atoms with E-state index in [4.69, 9.17) is 5.73 Å². The Balaban J connectivity index is 2.89. The van der Waals surface area contributed by atoms with Crippen molar-refractivity contribution >= 4 is 0 Å². The van der Waals surface area contributed by atoms with E-state index in [9.17, 15) is 0 Å². The van der Waals surface area contributed by atoms with Gasteiger partial charge < -0.3 is 5.73 Å². The lowest BCUT2D eigenvalue weighted by atomic mass is 10.0. The molecule has 1 unspecified atom stereocenters. The van der Waals surface area contributed by atoms with Crippen molar-refractivity contribution in [3.63, 3.8) is 0 Å². The molecule has 1 rings (SSSR count). The van der Waals surface area contributed by atoms with Crippen LogP contribution < -0.4 is 5.73 Å². The summed E-state index contributed by atoms with van der Waals surface area (Å²) in [5.41, 5.74) is 7.16. The summed E-state index contributed by atoms with van der Waals surface area (Å²) in [7, 11) is 0. The van der Waals surface area contributed by atoms with Gasteiger partial charge in [0.15, 0.2) is 0 Å². The predicted molar refractivity (Wildman–Crippen MR) is 72.7 cm³/mol. The second-order valence-electron chi connectivity index (χ2n) is 5.22. The van der Waals surface area contributed by atoms with E-state index in [1.165, 1.54) is 5.56 Å². The number of nitrogens with two attached hydrogens (primary N) is 1. The van der Waals surface area contributed by atoms with Crippen LogP contribution in [0.15, 0.2) is 24.5 Å².